The molecule has 0 atom stereocenters. The maximum Gasteiger partial charge on any atom is 0.202 e. The van der Waals surface area contributed by atoms with Crippen LogP contribution in [0.2, 0.25) is 0 Å². The van der Waals surface area contributed by atoms with Crippen LogP contribution in [-0.4, -0.2) is 20.9 Å². The Morgan fingerprint density at radius 3 is 2.76 bits per heavy atom. The van der Waals surface area contributed by atoms with Crippen LogP contribution in [0.3, 0.4) is 0 Å². The van der Waals surface area contributed by atoms with Gasteiger partial charge >= 0.3 is 0 Å². The fourth-order valence-electron chi connectivity index (χ4n) is 1.59. The van der Waals surface area contributed by atoms with Gasteiger partial charge in [-0.2, -0.15) is 9.36 Å². The van der Waals surface area contributed by atoms with E-state index >= 15 is 0 Å². The first-order valence-corrected chi connectivity index (χ1v) is 6.49. The Morgan fingerprint density at radius 1 is 1.24 bits per heavy atom. The van der Waals surface area contributed by atoms with Crippen LogP contribution in [-0.2, 0) is 0 Å². The summed E-state index contributed by atoms with van der Waals surface area (Å²) in [5, 5.41) is 4.09. The van der Waals surface area contributed by atoms with Crippen molar-refractivity contribution >= 4 is 16.7 Å². The van der Waals surface area contributed by atoms with Gasteiger partial charge in [-0.3, -0.25) is 0 Å². The normalized spacial score (nSPS) is 10.5. The fraction of sp³-hybridized carbons (Fsp3) is 0.417. The molecule has 2 heterocycles. The summed E-state index contributed by atoms with van der Waals surface area (Å²) >= 11 is 1.38. The second-order valence-corrected chi connectivity index (χ2v) is 4.77. The zero-order chi connectivity index (χ0) is 12.3. The monoisotopic (exact) mass is 248 g/mol. The number of nitrogens with zero attached hydrogens (tertiary/aromatic N) is 3. The third-order valence-corrected chi connectivity index (χ3v) is 2.95. The van der Waals surface area contributed by atoms with E-state index in [4.69, 9.17) is 0 Å². The lowest BCUT2D eigenvalue weighted by Gasteiger charge is -2.00. The molecule has 0 fully saturated rings. The van der Waals surface area contributed by atoms with E-state index in [1.165, 1.54) is 17.1 Å². The van der Waals surface area contributed by atoms with Crippen molar-refractivity contribution in [3.8, 4) is 11.5 Å². The number of aryl methyl sites for hydroxylation is 2. The minimum Gasteiger partial charge on any atom is -0.360 e. The van der Waals surface area contributed by atoms with Crippen LogP contribution in [0.1, 0.15) is 24.6 Å². The van der Waals surface area contributed by atoms with Gasteiger partial charge in [-0.25, -0.2) is 4.98 Å². The summed E-state index contributed by atoms with van der Waals surface area (Å²) < 4.78 is 4.33. The van der Waals surface area contributed by atoms with Gasteiger partial charge in [0, 0.05) is 23.8 Å². The minimum atomic E-state index is 0.709. The summed E-state index contributed by atoms with van der Waals surface area (Å²) in [6, 6.07) is 4.06. The van der Waals surface area contributed by atoms with Crippen LogP contribution in [0.25, 0.3) is 11.5 Å². The molecule has 90 valence electrons. The molecule has 0 saturated heterocycles. The number of rotatable bonds is 4. The molecule has 2 aromatic rings. The maximum atomic E-state index is 4.45. The molecule has 17 heavy (non-hydrogen) atoms. The number of hydrogen-bond donors (Lipinski definition) is 1. The number of aromatic nitrogens is 3. The number of hydrogen-bond acceptors (Lipinski definition) is 5. The van der Waals surface area contributed by atoms with E-state index in [9.17, 15) is 0 Å². The molecule has 1 N–H and O–H groups in total. The molecule has 4 nitrogen and oxygen atoms in total. The van der Waals surface area contributed by atoms with Gasteiger partial charge in [0.2, 0.25) is 5.13 Å². The van der Waals surface area contributed by atoms with Gasteiger partial charge in [0.15, 0.2) is 5.82 Å². The lowest BCUT2D eigenvalue weighted by Crippen LogP contribution is -1.98. The topological polar surface area (TPSA) is 50.7 Å². The molecule has 0 bridgehead atoms. The Hall–Kier alpha value is -1.49. The Morgan fingerprint density at radius 2 is 2.06 bits per heavy atom. The van der Waals surface area contributed by atoms with Crippen molar-refractivity contribution in [3.05, 3.63) is 23.4 Å². The van der Waals surface area contributed by atoms with Gasteiger partial charge in [0.1, 0.15) is 5.69 Å². The SMILES string of the molecule is CCCNc1nc(-c2cc(C)cc(C)n2)ns1. The van der Waals surface area contributed by atoms with Gasteiger partial charge in [0.25, 0.3) is 0 Å². The maximum absolute atomic E-state index is 4.45. The molecule has 0 aliphatic heterocycles. The molecule has 0 radical (unpaired) electrons. The Bertz CT molecular complexity index is 487. The highest BCUT2D eigenvalue weighted by molar-refractivity contribution is 7.09. The first-order valence-electron chi connectivity index (χ1n) is 5.72. The van der Waals surface area contributed by atoms with Crippen molar-refractivity contribution < 1.29 is 0 Å². The Labute approximate surface area is 105 Å². The average Bonchev–Trinajstić information content (AvgIpc) is 2.73. The highest BCUT2D eigenvalue weighted by atomic mass is 32.1. The van der Waals surface area contributed by atoms with E-state index in [1.807, 2.05) is 19.1 Å². The van der Waals surface area contributed by atoms with Crippen LogP contribution < -0.4 is 5.32 Å². The van der Waals surface area contributed by atoms with Crippen molar-refractivity contribution in [3.63, 3.8) is 0 Å². The zero-order valence-electron chi connectivity index (χ0n) is 10.3. The molecule has 5 heteroatoms. The zero-order valence-corrected chi connectivity index (χ0v) is 11.1. The first kappa shape index (κ1) is 12.0. The highest BCUT2D eigenvalue weighted by Gasteiger charge is 2.08. The summed E-state index contributed by atoms with van der Waals surface area (Å²) in [6.45, 7) is 7.09. The summed E-state index contributed by atoms with van der Waals surface area (Å²) in [6.07, 6.45) is 1.08. The van der Waals surface area contributed by atoms with E-state index in [-0.39, 0.29) is 0 Å². The molecular weight excluding hydrogens is 232 g/mol. The van der Waals surface area contributed by atoms with E-state index in [1.54, 1.807) is 0 Å². The minimum absolute atomic E-state index is 0.709. The predicted molar refractivity (Wildman–Crippen MR) is 71.4 cm³/mol. The molecule has 0 amide bonds. The lowest BCUT2D eigenvalue weighted by atomic mass is 10.2. The van der Waals surface area contributed by atoms with Gasteiger partial charge in [-0.05, 0) is 38.0 Å². The van der Waals surface area contributed by atoms with Crippen molar-refractivity contribution in [2.45, 2.75) is 27.2 Å². The molecule has 0 saturated carbocycles. The predicted octanol–water partition coefficient (Wildman–Crippen LogP) is 3.04. The Balaban J connectivity index is 2.24. The van der Waals surface area contributed by atoms with Crippen molar-refractivity contribution in [2.75, 3.05) is 11.9 Å². The molecule has 2 rings (SSSR count). The third-order valence-electron chi connectivity index (χ3n) is 2.28. The van der Waals surface area contributed by atoms with Gasteiger partial charge in [0.05, 0.1) is 0 Å². The summed E-state index contributed by atoms with van der Waals surface area (Å²) in [4.78, 5) is 8.89. The summed E-state index contributed by atoms with van der Waals surface area (Å²) in [5.41, 5.74) is 3.03. The second-order valence-electron chi connectivity index (χ2n) is 4.02. The van der Waals surface area contributed by atoms with E-state index in [2.05, 4.69) is 33.5 Å². The number of nitrogens with one attached hydrogen (secondary N) is 1. The van der Waals surface area contributed by atoms with Crippen molar-refractivity contribution in [2.24, 2.45) is 0 Å². The third kappa shape index (κ3) is 3.00. The summed E-state index contributed by atoms with van der Waals surface area (Å²) in [5.74, 6) is 0.709. The van der Waals surface area contributed by atoms with E-state index in [0.717, 1.165) is 29.5 Å². The quantitative estimate of drug-likeness (QED) is 0.903. The highest BCUT2D eigenvalue weighted by Crippen LogP contribution is 2.20. The molecule has 0 aromatic carbocycles. The summed E-state index contributed by atoms with van der Waals surface area (Å²) in [7, 11) is 0. The van der Waals surface area contributed by atoms with E-state index in [0.29, 0.717) is 5.82 Å². The number of pyridine rings is 1. The average molecular weight is 248 g/mol. The molecular formula is C12H16N4S. The van der Waals surface area contributed by atoms with E-state index < -0.39 is 0 Å². The van der Waals surface area contributed by atoms with Crippen LogP contribution in [0.15, 0.2) is 12.1 Å². The molecule has 2 aromatic heterocycles. The molecule has 0 unspecified atom stereocenters. The second kappa shape index (κ2) is 5.23. The fourth-order valence-corrected chi connectivity index (χ4v) is 2.19. The standard InChI is InChI=1S/C12H16N4S/c1-4-5-13-12-15-11(16-17-12)10-7-8(2)6-9(3)14-10/h6-7H,4-5H2,1-3H3,(H,13,15,16). The molecule has 0 aliphatic carbocycles. The largest absolute Gasteiger partial charge is 0.360 e. The van der Waals surface area contributed by atoms with Crippen LogP contribution in [0.4, 0.5) is 5.13 Å². The van der Waals surface area contributed by atoms with Crippen LogP contribution in [0, 0.1) is 13.8 Å². The van der Waals surface area contributed by atoms with Gasteiger partial charge in [-0.1, -0.05) is 6.92 Å². The Kier molecular flexibility index (Phi) is 3.68. The van der Waals surface area contributed by atoms with Gasteiger partial charge < -0.3 is 5.32 Å². The molecule has 0 aliphatic rings. The smallest absolute Gasteiger partial charge is 0.202 e. The van der Waals surface area contributed by atoms with Crippen molar-refractivity contribution in [1.29, 1.82) is 0 Å². The number of anilines is 1. The van der Waals surface area contributed by atoms with Crippen molar-refractivity contribution in [1.82, 2.24) is 14.3 Å². The van der Waals surface area contributed by atoms with Gasteiger partial charge in [-0.15, -0.1) is 0 Å². The lowest BCUT2D eigenvalue weighted by molar-refractivity contribution is 0.976. The van der Waals surface area contributed by atoms with Crippen LogP contribution in [0.5, 0.6) is 0 Å². The van der Waals surface area contributed by atoms with Crippen LogP contribution >= 0.6 is 11.5 Å². The molecule has 0 spiro atoms. The first-order chi connectivity index (χ1) is 8.19.